The lowest BCUT2D eigenvalue weighted by atomic mass is 9.83. The van der Waals surface area contributed by atoms with Gasteiger partial charge in [-0.05, 0) is 72.6 Å². The highest BCUT2D eigenvalue weighted by atomic mass is 16.4. The van der Waals surface area contributed by atoms with Crippen LogP contribution in [0.4, 0.5) is 11.4 Å². The molecule has 7 nitrogen and oxygen atoms in total. The summed E-state index contributed by atoms with van der Waals surface area (Å²) in [6.45, 7) is 6.84. The zero-order chi connectivity index (χ0) is 29.1. The lowest BCUT2D eigenvalue weighted by Gasteiger charge is -2.34. The number of carbonyl (C=O) groups excluding carboxylic acids is 2. The molecule has 1 aliphatic heterocycles. The molecule has 3 aromatic rings. The van der Waals surface area contributed by atoms with Gasteiger partial charge in [-0.2, -0.15) is 0 Å². The first-order valence-corrected chi connectivity index (χ1v) is 14.5. The summed E-state index contributed by atoms with van der Waals surface area (Å²) >= 11 is 0. The Morgan fingerprint density at radius 2 is 1.78 bits per heavy atom. The van der Waals surface area contributed by atoms with E-state index in [1.807, 2.05) is 77.8 Å². The molecule has 1 saturated heterocycles. The van der Waals surface area contributed by atoms with Crippen molar-refractivity contribution in [3.63, 3.8) is 0 Å². The third kappa shape index (κ3) is 6.05. The number of nitrogens with one attached hydrogen (secondary N) is 2. The molecule has 3 N–H and O–H groups in total. The van der Waals surface area contributed by atoms with Gasteiger partial charge in [0, 0.05) is 18.2 Å². The van der Waals surface area contributed by atoms with Crippen LogP contribution in [0.15, 0.2) is 72.8 Å². The van der Waals surface area contributed by atoms with Gasteiger partial charge in [0.2, 0.25) is 5.91 Å². The molecule has 1 fully saturated rings. The number of para-hydroxylation sites is 1. The number of hydrogen-bond donors (Lipinski definition) is 3. The maximum absolute atomic E-state index is 13.7. The molecule has 214 valence electrons. The highest BCUT2D eigenvalue weighted by Crippen LogP contribution is 2.41. The van der Waals surface area contributed by atoms with Crippen LogP contribution in [-0.4, -0.2) is 35.9 Å². The molecule has 0 spiro atoms. The van der Waals surface area contributed by atoms with E-state index in [1.54, 1.807) is 6.92 Å². The summed E-state index contributed by atoms with van der Waals surface area (Å²) < 4.78 is 0. The zero-order valence-electron chi connectivity index (χ0n) is 24.0. The Labute approximate surface area is 241 Å². The number of anilines is 2. The van der Waals surface area contributed by atoms with Crippen molar-refractivity contribution in [2.45, 2.75) is 52.4 Å². The monoisotopic (exact) mass is 553 g/mol. The van der Waals surface area contributed by atoms with Crippen molar-refractivity contribution in [2.75, 3.05) is 23.4 Å². The molecule has 0 aromatic heterocycles. The number of hydrazine groups is 1. The molecule has 4 unspecified atom stereocenters. The fourth-order valence-corrected chi connectivity index (χ4v) is 6.17. The van der Waals surface area contributed by atoms with Crippen LogP contribution < -0.4 is 15.8 Å². The Balaban J connectivity index is 1.30. The molecular formula is C34H39N3O4. The van der Waals surface area contributed by atoms with E-state index in [0.29, 0.717) is 38.0 Å². The Bertz CT molecular complexity index is 1420. The minimum Gasteiger partial charge on any atom is -0.481 e. The molecule has 3 aromatic carbocycles. The van der Waals surface area contributed by atoms with E-state index in [-0.39, 0.29) is 29.4 Å². The van der Waals surface area contributed by atoms with Crippen molar-refractivity contribution in [1.29, 1.82) is 0 Å². The number of fused-ring (bicyclic) bond motifs is 1. The molecule has 4 atom stereocenters. The smallest absolute Gasteiger partial charge is 0.310 e. The summed E-state index contributed by atoms with van der Waals surface area (Å²) in [5.41, 5.74) is 8.00. The number of ketones is 1. The first-order valence-electron chi connectivity index (χ1n) is 14.5. The summed E-state index contributed by atoms with van der Waals surface area (Å²) in [6, 6.07) is 23.8. The van der Waals surface area contributed by atoms with Gasteiger partial charge < -0.3 is 15.4 Å². The molecule has 2 aliphatic rings. The average molecular weight is 554 g/mol. The Morgan fingerprint density at radius 3 is 2.46 bits per heavy atom. The predicted octanol–water partition coefficient (Wildman–Crippen LogP) is 5.40. The number of hydrogen-bond acceptors (Lipinski definition) is 5. The van der Waals surface area contributed by atoms with Gasteiger partial charge in [0.15, 0.2) is 5.78 Å². The Kier molecular flexibility index (Phi) is 8.27. The molecule has 1 amide bonds. The Morgan fingerprint density at radius 1 is 1.05 bits per heavy atom. The summed E-state index contributed by atoms with van der Waals surface area (Å²) in [6.07, 6.45) is 2.33. The molecule has 5 rings (SSSR count). The number of carboxylic acid groups (broad SMARTS) is 1. The van der Waals surface area contributed by atoms with Gasteiger partial charge in [-0.3, -0.25) is 14.4 Å². The lowest BCUT2D eigenvalue weighted by molar-refractivity contribution is -0.147. The van der Waals surface area contributed by atoms with Crippen LogP contribution in [0, 0.1) is 17.3 Å². The van der Waals surface area contributed by atoms with Crippen LogP contribution in [0.1, 0.15) is 55.4 Å². The van der Waals surface area contributed by atoms with Gasteiger partial charge in [0.1, 0.15) is 0 Å². The SMILES string of the molecule is CCC(C)C(C(=O)Nc1cccc2c1CC(C)(C(=O)O)C2)c1ccc(CC2CN(c3ccccc3)NCC2=O)cc1. The van der Waals surface area contributed by atoms with Crippen molar-refractivity contribution in [3.05, 3.63) is 95.1 Å². The van der Waals surface area contributed by atoms with E-state index in [1.165, 1.54) is 0 Å². The molecular weight excluding hydrogens is 514 g/mol. The maximum atomic E-state index is 13.7. The van der Waals surface area contributed by atoms with Crippen LogP contribution in [0.2, 0.25) is 0 Å². The highest BCUT2D eigenvalue weighted by Gasteiger charge is 2.41. The molecule has 1 aliphatic carbocycles. The second-order valence-corrected chi connectivity index (χ2v) is 11.9. The number of aliphatic carboxylic acids is 1. The average Bonchev–Trinajstić information content (AvgIpc) is 3.34. The Hall–Kier alpha value is -3.97. The van der Waals surface area contributed by atoms with Crippen molar-refractivity contribution in [1.82, 2.24) is 5.43 Å². The maximum Gasteiger partial charge on any atom is 0.310 e. The van der Waals surface area contributed by atoms with Gasteiger partial charge in [0.25, 0.3) is 0 Å². The molecule has 0 radical (unpaired) electrons. The lowest BCUT2D eigenvalue weighted by Crippen LogP contribution is -2.52. The summed E-state index contributed by atoms with van der Waals surface area (Å²) in [5, 5.41) is 14.9. The van der Waals surface area contributed by atoms with Gasteiger partial charge in [-0.25, -0.2) is 5.43 Å². The number of amides is 1. The van der Waals surface area contributed by atoms with Gasteiger partial charge in [-0.1, -0.05) is 74.9 Å². The molecule has 41 heavy (non-hydrogen) atoms. The summed E-state index contributed by atoms with van der Waals surface area (Å²) in [7, 11) is 0. The van der Waals surface area contributed by atoms with Crippen LogP contribution in [-0.2, 0) is 33.6 Å². The number of nitrogens with zero attached hydrogens (tertiary/aromatic N) is 1. The highest BCUT2D eigenvalue weighted by molar-refractivity contribution is 5.97. The van der Waals surface area contributed by atoms with Crippen molar-refractivity contribution < 1.29 is 19.5 Å². The fourth-order valence-electron chi connectivity index (χ4n) is 6.17. The van der Waals surface area contributed by atoms with Gasteiger partial charge in [0.05, 0.1) is 23.6 Å². The van der Waals surface area contributed by atoms with E-state index >= 15 is 0 Å². The second kappa shape index (κ2) is 11.9. The number of benzene rings is 3. The van der Waals surface area contributed by atoms with Crippen molar-refractivity contribution in [3.8, 4) is 0 Å². The quantitative estimate of drug-likeness (QED) is 0.328. The molecule has 0 saturated carbocycles. The fraction of sp³-hybridized carbons (Fsp3) is 0.382. The van der Waals surface area contributed by atoms with Gasteiger partial charge in [-0.15, -0.1) is 0 Å². The van der Waals surface area contributed by atoms with Crippen LogP contribution >= 0.6 is 0 Å². The largest absolute Gasteiger partial charge is 0.481 e. The van der Waals surface area contributed by atoms with Crippen LogP contribution in [0.5, 0.6) is 0 Å². The number of carbonyl (C=O) groups is 3. The number of Topliss-reactive ketones (excluding diaryl/α,β-unsaturated/α-hetero) is 1. The minimum absolute atomic E-state index is 0.0866. The van der Waals surface area contributed by atoms with Gasteiger partial charge >= 0.3 is 5.97 Å². The van der Waals surface area contributed by atoms with Crippen molar-refractivity contribution in [2.24, 2.45) is 17.3 Å². The molecule has 0 bridgehead atoms. The standard InChI is InChI=1S/C34H39N3O4/c1-4-22(2)31(32(39)36-29-12-8-9-25-18-34(3,33(40)41)19-28(25)29)24-15-13-23(14-16-24)17-26-21-37(35-20-30(26)38)27-10-6-5-7-11-27/h5-16,22,26,31,35H,4,17-21H2,1-3H3,(H,36,39)(H,40,41). The number of carboxylic acids is 1. The van der Waals surface area contributed by atoms with E-state index in [9.17, 15) is 19.5 Å². The van der Waals surface area contributed by atoms with E-state index in [0.717, 1.165) is 34.4 Å². The minimum atomic E-state index is -0.858. The predicted molar refractivity (Wildman–Crippen MR) is 161 cm³/mol. The van der Waals surface area contributed by atoms with E-state index in [2.05, 4.69) is 24.6 Å². The zero-order valence-corrected chi connectivity index (χ0v) is 24.0. The third-order valence-electron chi connectivity index (χ3n) is 8.88. The first-order chi connectivity index (χ1) is 19.7. The second-order valence-electron chi connectivity index (χ2n) is 11.9. The normalized spacial score (nSPS) is 21.7. The topological polar surface area (TPSA) is 98.7 Å². The van der Waals surface area contributed by atoms with E-state index in [4.69, 9.17) is 0 Å². The first kappa shape index (κ1) is 28.6. The van der Waals surface area contributed by atoms with Crippen molar-refractivity contribution >= 4 is 29.0 Å². The van der Waals surface area contributed by atoms with Crippen LogP contribution in [0.25, 0.3) is 0 Å². The van der Waals surface area contributed by atoms with Crippen LogP contribution in [0.3, 0.4) is 0 Å². The van der Waals surface area contributed by atoms with E-state index < -0.39 is 11.4 Å². The third-order valence-corrected chi connectivity index (χ3v) is 8.88. The summed E-state index contributed by atoms with van der Waals surface area (Å²) in [4.78, 5) is 38.4. The molecule has 7 heteroatoms. The molecule has 1 heterocycles. The number of rotatable bonds is 9. The summed E-state index contributed by atoms with van der Waals surface area (Å²) in [5.74, 6) is -1.07.